The Labute approximate surface area is 103 Å². The van der Waals surface area contributed by atoms with Crippen molar-refractivity contribution >= 4 is 40.5 Å². The van der Waals surface area contributed by atoms with E-state index in [-0.39, 0.29) is 4.88 Å². The van der Waals surface area contributed by atoms with Gasteiger partial charge in [-0.25, -0.2) is 4.79 Å². The van der Waals surface area contributed by atoms with Gasteiger partial charge in [0, 0.05) is 5.56 Å². The van der Waals surface area contributed by atoms with Crippen LogP contribution in [0.5, 0.6) is 0 Å². The third kappa shape index (κ3) is 3.10. The molecule has 15 heavy (non-hydrogen) atoms. The Morgan fingerprint density at radius 3 is 2.53 bits per heavy atom. The highest BCUT2D eigenvalue weighted by atomic mass is 35.5. The minimum absolute atomic E-state index is 0.146. The summed E-state index contributed by atoms with van der Waals surface area (Å²) >= 11 is 12.9. The van der Waals surface area contributed by atoms with Gasteiger partial charge >= 0.3 is 5.97 Å². The maximum atomic E-state index is 10.8. The van der Waals surface area contributed by atoms with Gasteiger partial charge in [0.15, 0.2) is 0 Å². The van der Waals surface area contributed by atoms with Crippen molar-refractivity contribution < 1.29 is 9.90 Å². The molecule has 1 N–H and O–H groups in total. The molecule has 0 saturated heterocycles. The molecule has 0 bridgehead atoms. The molecular weight excluding hydrogens is 255 g/mol. The van der Waals surface area contributed by atoms with Crippen LogP contribution in [-0.2, 0) is 6.42 Å². The molecule has 2 nitrogen and oxygen atoms in total. The van der Waals surface area contributed by atoms with E-state index in [0.717, 1.165) is 42.6 Å². The van der Waals surface area contributed by atoms with Gasteiger partial charge in [-0.15, -0.1) is 11.3 Å². The first kappa shape index (κ1) is 12.8. The van der Waals surface area contributed by atoms with Gasteiger partial charge in [-0.2, -0.15) is 0 Å². The molecule has 0 unspecified atom stereocenters. The molecule has 0 fully saturated rings. The topological polar surface area (TPSA) is 37.3 Å². The van der Waals surface area contributed by atoms with Crippen LogP contribution in [0.2, 0.25) is 9.36 Å². The van der Waals surface area contributed by atoms with Crippen molar-refractivity contribution in [2.45, 2.75) is 32.6 Å². The van der Waals surface area contributed by atoms with Crippen LogP contribution in [0.25, 0.3) is 0 Å². The highest BCUT2D eigenvalue weighted by Gasteiger charge is 2.19. The van der Waals surface area contributed by atoms with Gasteiger partial charge in [-0.05, 0) is 12.8 Å². The fourth-order valence-electron chi connectivity index (χ4n) is 1.32. The number of halogens is 2. The van der Waals surface area contributed by atoms with Crippen LogP contribution in [0.3, 0.4) is 0 Å². The number of thiophene rings is 1. The average molecular weight is 267 g/mol. The quantitative estimate of drug-likeness (QED) is 0.798. The van der Waals surface area contributed by atoms with E-state index < -0.39 is 5.97 Å². The summed E-state index contributed by atoms with van der Waals surface area (Å²) in [5.41, 5.74) is 0.786. The van der Waals surface area contributed by atoms with Crippen molar-refractivity contribution in [2.24, 2.45) is 0 Å². The zero-order valence-corrected chi connectivity index (χ0v) is 10.7. The zero-order chi connectivity index (χ0) is 11.4. The lowest BCUT2D eigenvalue weighted by Crippen LogP contribution is -1.93. The number of unbranched alkanes of at least 4 members (excludes halogenated alkanes) is 2. The molecule has 0 atom stereocenters. The van der Waals surface area contributed by atoms with Gasteiger partial charge in [0.1, 0.15) is 4.88 Å². The zero-order valence-electron chi connectivity index (χ0n) is 8.35. The second-order valence-corrected chi connectivity index (χ2v) is 5.26. The Hall–Kier alpha value is -0.250. The third-order valence-corrected chi connectivity index (χ3v) is 4.12. The highest BCUT2D eigenvalue weighted by Crippen LogP contribution is 2.37. The maximum Gasteiger partial charge on any atom is 0.347 e. The first-order valence-corrected chi connectivity index (χ1v) is 6.35. The number of hydrogen-bond acceptors (Lipinski definition) is 2. The van der Waals surface area contributed by atoms with Crippen molar-refractivity contribution in [3.8, 4) is 0 Å². The lowest BCUT2D eigenvalue weighted by Gasteiger charge is -1.99. The number of carboxylic acid groups (broad SMARTS) is 1. The molecule has 1 aromatic heterocycles. The SMILES string of the molecule is CCCCCc1c(Cl)sc(C(=O)O)c1Cl. The monoisotopic (exact) mass is 266 g/mol. The van der Waals surface area contributed by atoms with E-state index in [1.54, 1.807) is 0 Å². The van der Waals surface area contributed by atoms with Crippen molar-refractivity contribution in [3.05, 3.63) is 19.8 Å². The Balaban J connectivity index is 2.83. The lowest BCUT2D eigenvalue weighted by molar-refractivity contribution is 0.0702. The number of aromatic carboxylic acids is 1. The minimum atomic E-state index is -1.01. The summed E-state index contributed by atoms with van der Waals surface area (Å²) < 4.78 is 0.508. The smallest absolute Gasteiger partial charge is 0.347 e. The molecule has 5 heteroatoms. The number of rotatable bonds is 5. The Morgan fingerprint density at radius 2 is 2.07 bits per heavy atom. The maximum absolute atomic E-state index is 10.8. The molecule has 1 heterocycles. The first-order valence-electron chi connectivity index (χ1n) is 4.77. The number of hydrogen-bond donors (Lipinski definition) is 1. The van der Waals surface area contributed by atoms with Crippen LogP contribution >= 0.6 is 34.5 Å². The molecule has 0 aliphatic rings. The largest absolute Gasteiger partial charge is 0.477 e. The summed E-state index contributed by atoms with van der Waals surface area (Å²) in [4.78, 5) is 10.9. The van der Waals surface area contributed by atoms with E-state index in [1.807, 2.05) is 0 Å². The molecular formula is C10H12Cl2O2S. The van der Waals surface area contributed by atoms with Crippen LogP contribution in [0, 0.1) is 0 Å². The fourth-order valence-corrected chi connectivity index (χ4v) is 3.03. The van der Waals surface area contributed by atoms with Crippen LogP contribution < -0.4 is 0 Å². The first-order chi connectivity index (χ1) is 7.07. The molecule has 0 radical (unpaired) electrons. The van der Waals surface area contributed by atoms with Crippen molar-refractivity contribution in [2.75, 3.05) is 0 Å². The van der Waals surface area contributed by atoms with E-state index in [2.05, 4.69) is 6.92 Å². The van der Waals surface area contributed by atoms with E-state index in [4.69, 9.17) is 28.3 Å². The van der Waals surface area contributed by atoms with Crippen LogP contribution in [-0.4, -0.2) is 11.1 Å². The summed E-state index contributed by atoms with van der Waals surface area (Å²) in [6, 6.07) is 0. The molecule has 1 aromatic rings. The predicted octanol–water partition coefficient (Wildman–Crippen LogP) is 4.49. The van der Waals surface area contributed by atoms with Crippen LogP contribution in [0.4, 0.5) is 0 Å². The molecule has 0 amide bonds. The second-order valence-electron chi connectivity index (χ2n) is 3.26. The van der Waals surface area contributed by atoms with Gasteiger partial charge in [-0.1, -0.05) is 43.0 Å². The second kappa shape index (κ2) is 5.73. The normalized spacial score (nSPS) is 10.6. The van der Waals surface area contributed by atoms with E-state index in [9.17, 15) is 4.79 Å². The Bertz CT molecular complexity index is 361. The summed E-state index contributed by atoms with van der Waals surface area (Å²) in [6.45, 7) is 2.11. The van der Waals surface area contributed by atoms with Gasteiger partial charge in [0.05, 0.1) is 9.36 Å². The Morgan fingerprint density at radius 1 is 1.40 bits per heavy atom. The van der Waals surface area contributed by atoms with Crippen molar-refractivity contribution in [3.63, 3.8) is 0 Å². The van der Waals surface area contributed by atoms with Gasteiger partial charge < -0.3 is 5.11 Å². The lowest BCUT2D eigenvalue weighted by atomic mass is 10.1. The minimum Gasteiger partial charge on any atom is -0.477 e. The summed E-state index contributed by atoms with van der Waals surface area (Å²) in [5, 5.41) is 9.16. The summed E-state index contributed by atoms with van der Waals surface area (Å²) in [5.74, 6) is -1.01. The molecule has 0 spiro atoms. The van der Waals surface area contributed by atoms with Crippen molar-refractivity contribution in [1.82, 2.24) is 0 Å². The molecule has 84 valence electrons. The molecule has 0 aliphatic carbocycles. The van der Waals surface area contributed by atoms with E-state index in [1.165, 1.54) is 0 Å². The summed E-state index contributed by atoms with van der Waals surface area (Å²) in [6.07, 6.45) is 3.97. The number of carbonyl (C=O) groups is 1. The van der Waals surface area contributed by atoms with Crippen LogP contribution in [0.15, 0.2) is 0 Å². The highest BCUT2D eigenvalue weighted by molar-refractivity contribution is 7.18. The van der Waals surface area contributed by atoms with Crippen LogP contribution in [0.1, 0.15) is 41.4 Å². The van der Waals surface area contributed by atoms with Crippen molar-refractivity contribution in [1.29, 1.82) is 0 Å². The fraction of sp³-hybridized carbons (Fsp3) is 0.500. The molecule has 0 aliphatic heterocycles. The standard InChI is InChI=1S/C10H12Cl2O2S/c1-2-3-4-5-6-7(11)8(10(13)14)15-9(6)12/h2-5H2,1H3,(H,13,14). The molecule has 0 aromatic carbocycles. The Kier molecular flexibility index (Phi) is 4.90. The summed E-state index contributed by atoms with van der Waals surface area (Å²) in [7, 11) is 0. The molecule has 1 rings (SSSR count). The number of carboxylic acids is 1. The molecule has 0 saturated carbocycles. The van der Waals surface area contributed by atoms with Gasteiger partial charge in [0.25, 0.3) is 0 Å². The average Bonchev–Trinajstić information content (AvgIpc) is 2.45. The predicted molar refractivity (Wildman–Crippen MR) is 64.5 cm³/mol. The van der Waals surface area contributed by atoms with E-state index >= 15 is 0 Å². The third-order valence-electron chi connectivity index (χ3n) is 2.12. The van der Waals surface area contributed by atoms with E-state index in [0.29, 0.717) is 9.36 Å². The van der Waals surface area contributed by atoms with Gasteiger partial charge in [0.2, 0.25) is 0 Å². The van der Waals surface area contributed by atoms with Gasteiger partial charge in [-0.3, -0.25) is 0 Å².